The molecule has 3 N–H and O–H groups in total. The van der Waals surface area contributed by atoms with Gasteiger partial charge in [-0.25, -0.2) is 0 Å². The van der Waals surface area contributed by atoms with Crippen molar-refractivity contribution in [3.63, 3.8) is 0 Å². The highest BCUT2D eigenvalue weighted by Crippen LogP contribution is 2.23. The van der Waals surface area contributed by atoms with Crippen LogP contribution in [0.2, 0.25) is 5.02 Å². The van der Waals surface area contributed by atoms with E-state index in [-0.39, 0.29) is 12.3 Å². The maximum atomic E-state index is 11.9. The lowest BCUT2D eigenvalue weighted by Gasteiger charge is -2.08. The Kier molecular flexibility index (Phi) is 4.45. The van der Waals surface area contributed by atoms with Crippen molar-refractivity contribution in [3.8, 4) is 0 Å². The minimum Gasteiger partial charge on any atom is -0.398 e. The standard InChI is InChI=1S/C14H12BrClN2O/c15-11-6-5-10(8-13(11)17)18-14(19)7-9-3-1-2-4-12(9)16/h1-6,8H,7,17H2,(H,18,19). The van der Waals surface area contributed by atoms with Gasteiger partial charge in [0.15, 0.2) is 0 Å². The minimum absolute atomic E-state index is 0.130. The second-order valence-corrected chi connectivity index (χ2v) is 5.31. The molecule has 0 spiro atoms. The van der Waals surface area contributed by atoms with Crippen molar-refractivity contribution in [2.45, 2.75) is 6.42 Å². The van der Waals surface area contributed by atoms with Crippen LogP contribution in [0.5, 0.6) is 0 Å². The molecule has 0 atom stereocenters. The molecule has 0 aliphatic heterocycles. The van der Waals surface area contributed by atoms with Crippen LogP contribution in [0.4, 0.5) is 11.4 Å². The molecule has 19 heavy (non-hydrogen) atoms. The van der Waals surface area contributed by atoms with Crippen molar-refractivity contribution in [3.05, 3.63) is 57.5 Å². The molecule has 2 rings (SSSR count). The summed E-state index contributed by atoms with van der Waals surface area (Å²) in [5, 5.41) is 3.38. The SMILES string of the molecule is Nc1cc(NC(=O)Cc2ccccc2Cl)ccc1Br. The maximum Gasteiger partial charge on any atom is 0.228 e. The molecule has 5 heteroatoms. The molecule has 2 aromatic carbocycles. The van der Waals surface area contributed by atoms with Gasteiger partial charge < -0.3 is 11.1 Å². The summed E-state index contributed by atoms with van der Waals surface area (Å²) < 4.78 is 0.802. The van der Waals surface area contributed by atoms with Gasteiger partial charge in [0.25, 0.3) is 0 Å². The van der Waals surface area contributed by atoms with E-state index in [9.17, 15) is 4.79 Å². The lowest BCUT2D eigenvalue weighted by Crippen LogP contribution is -2.14. The summed E-state index contributed by atoms with van der Waals surface area (Å²) in [4.78, 5) is 11.9. The second kappa shape index (κ2) is 6.08. The van der Waals surface area contributed by atoms with Gasteiger partial charge in [0.2, 0.25) is 5.91 Å². The number of halogens is 2. The molecule has 0 aromatic heterocycles. The number of hydrogen-bond acceptors (Lipinski definition) is 2. The summed E-state index contributed by atoms with van der Waals surface area (Å²) in [5.41, 5.74) is 7.80. The molecule has 0 fully saturated rings. The first kappa shape index (κ1) is 13.9. The van der Waals surface area contributed by atoms with E-state index in [1.54, 1.807) is 24.3 Å². The van der Waals surface area contributed by atoms with Crippen LogP contribution < -0.4 is 11.1 Å². The van der Waals surface area contributed by atoms with Crippen molar-refractivity contribution in [1.29, 1.82) is 0 Å². The predicted molar refractivity (Wildman–Crippen MR) is 82.3 cm³/mol. The van der Waals surface area contributed by atoms with Crippen molar-refractivity contribution in [2.24, 2.45) is 0 Å². The normalized spacial score (nSPS) is 10.2. The fraction of sp³-hybridized carbons (Fsp3) is 0.0714. The number of carbonyl (C=O) groups is 1. The minimum atomic E-state index is -0.130. The molecule has 1 amide bonds. The summed E-state index contributed by atoms with van der Waals surface area (Å²) in [6, 6.07) is 12.6. The van der Waals surface area contributed by atoms with Crippen molar-refractivity contribution in [1.82, 2.24) is 0 Å². The number of nitrogens with one attached hydrogen (secondary N) is 1. The van der Waals surface area contributed by atoms with Crippen LogP contribution in [0.1, 0.15) is 5.56 Å². The van der Waals surface area contributed by atoms with Gasteiger partial charge in [0, 0.05) is 20.9 Å². The zero-order chi connectivity index (χ0) is 13.8. The Morgan fingerprint density at radius 3 is 2.68 bits per heavy atom. The molecule has 0 radical (unpaired) electrons. The van der Waals surface area contributed by atoms with Gasteiger partial charge >= 0.3 is 0 Å². The number of benzene rings is 2. The largest absolute Gasteiger partial charge is 0.398 e. The molecule has 0 saturated carbocycles. The number of nitrogen functional groups attached to an aromatic ring is 1. The molecule has 0 aliphatic rings. The van der Waals surface area contributed by atoms with E-state index >= 15 is 0 Å². The number of hydrogen-bond donors (Lipinski definition) is 2. The third-order valence-corrected chi connectivity index (χ3v) is 3.68. The van der Waals surface area contributed by atoms with Crippen LogP contribution in [0.25, 0.3) is 0 Å². The van der Waals surface area contributed by atoms with Crippen molar-refractivity contribution in [2.75, 3.05) is 11.1 Å². The first-order chi connectivity index (χ1) is 9.06. The highest BCUT2D eigenvalue weighted by atomic mass is 79.9. The van der Waals surface area contributed by atoms with E-state index in [0.717, 1.165) is 10.0 Å². The average Bonchev–Trinajstić information content (AvgIpc) is 2.37. The van der Waals surface area contributed by atoms with Crippen LogP contribution >= 0.6 is 27.5 Å². The number of carbonyl (C=O) groups excluding carboxylic acids is 1. The van der Waals surface area contributed by atoms with Gasteiger partial charge in [-0.2, -0.15) is 0 Å². The monoisotopic (exact) mass is 338 g/mol. The van der Waals surface area contributed by atoms with Gasteiger partial charge in [-0.05, 0) is 45.8 Å². The summed E-state index contributed by atoms with van der Waals surface area (Å²) in [5.74, 6) is -0.130. The van der Waals surface area contributed by atoms with Gasteiger partial charge in [0.05, 0.1) is 6.42 Å². The lowest BCUT2D eigenvalue weighted by molar-refractivity contribution is -0.115. The van der Waals surface area contributed by atoms with Crippen LogP contribution in [0.15, 0.2) is 46.9 Å². The summed E-state index contributed by atoms with van der Waals surface area (Å²) >= 11 is 9.31. The Bertz CT molecular complexity index is 616. The molecular weight excluding hydrogens is 328 g/mol. The predicted octanol–water partition coefficient (Wildman–Crippen LogP) is 3.87. The molecule has 0 heterocycles. The van der Waals surface area contributed by atoms with E-state index in [4.69, 9.17) is 17.3 Å². The Balaban J connectivity index is 2.05. The highest BCUT2D eigenvalue weighted by molar-refractivity contribution is 9.10. The Hall–Kier alpha value is -1.52. The third-order valence-electron chi connectivity index (χ3n) is 2.59. The highest BCUT2D eigenvalue weighted by Gasteiger charge is 2.07. The van der Waals surface area contributed by atoms with Crippen LogP contribution in [-0.4, -0.2) is 5.91 Å². The van der Waals surface area contributed by atoms with Crippen molar-refractivity contribution < 1.29 is 4.79 Å². The number of amides is 1. The maximum absolute atomic E-state index is 11.9. The molecule has 3 nitrogen and oxygen atoms in total. The molecule has 0 saturated heterocycles. The fourth-order valence-electron chi connectivity index (χ4n) is 1.64. The quantitative estimate of drug-likeness (QED) is 0.834. The zero-order valence-electron chi connectivity index (χ0n) is 9.99. The number of nitrogens with two attached hydrogens (primary N) is 1. The van der Waals surface area contributed by atoms with E-state index in [1.165, 1.54) is 0 Å². The topological polar surface area (TPSA) is 55.1 Å². The summed E-state index contributed by atoms with van der Waals surface area (Å²) in [6.07, 6.45) is 0.232. The third kappa shape index (κ3) is 3.72. The Morgan fingerprint density at radius 1 is 1.26 bits per heavy atom. The lowest BCUT2D eigenvalue weighted by atomic mass is 10.1. The van der Waals surface area contributed by atoms with Gasteiger partial charge in [0.1, 0.15) is 0 Å². The second-order valence-electron chi connectivity index (χ2n) is 4.05. The van der Waals surface area contributed by atoms with E-state index in [2.05, 4.69) is 21.2 Å². The number of anilines is 2. The Morgan fingerprint density at radius 2 is 2.00 bits per heavy atom. The van der Waals surface area contributed by atoms with Gasteiger partial charge in [-0.3, -0.25) is 4.79 Å². The van der Waals surface area contributed by atoms with Crippen LogP contribution in [0, 0.1) is 0 Å². The Labute approximate surface area is 124 Å². The molecule has 2 aromatic rings. The van der Waals surface area contributed by atoms with Crippen LogP contribution in [0.3, 0.4) is 0 Å². The average molecular weight is 340 g/mol. The van der Waals surface area contributed by atoms with Gasteiger partial charge in [-0.15, -0.1) is 0 Å². The van der Waals surface area contributed by atoms with E-state index < -0.39 is 0 Å². The molecule has 0 unspecified atom stereocenters. The van der Waals surface area contributed by atoms with Crippen LogP contribution in [-0.2, 0) is 11.2 Å². The smallest absolute Gasteiger partial charge is 0.228 e. The number of rotatable bonds is 3. The van der Waals surface area contributed by atoms with Crippen molar-refractivity contribution >= 4 is 44.8 Å². The molecule has 0 aliphatic carbocycles. The summed E-state index contributed by atoms with van der Waals surface area (Å²) in [7, 11) is 0. The molecular formula is C14H12BrClN2O. The summed E-state index contributed by atoms with van der Waals surface area (Å²) in [6.45, 7) is 0. The molecule has 0 bridgehead atoms. The van der Waals surface area contributed by atoms with Gasteiger partial charge in [-0.1, -0.05) is 29.8 Å². The first-order valence-electron chi connectivity index (χ1n) is 5.64. The first-order valence-corrected chi connectivity index (χ1v) is 6.81. The fourth-order valence-corrected chi connectivity index (χ4v) is 2.09. The zero-order valence-corrected chi connectivity index (χ0v) is 12.3. The molecule has 98 valence electrons. The van der Waals surface area contributed by atoms with E-state index in [1.807, 2.05) is 18.2 Å². The van der Waals surface area contributed by atoms with E-state index in [0.29, 0.717) is 16.4 Å².